The van der Waals surface area contributed by atoms with E-state index in [9.17, 15) is 4.79 Å². The number of rotatable bonds is 7. The lowest BCUT2D eigenvalue weighted by Gasteiger charge is -2.17. The number of hydrogen-bond acceptors (Lipinski definition) is 3. The molecule has 0 unspecified atom stereocenters. The molecule has 1 heterocycles. The first-order chi connectivity index (χ1) is 8.25. The van der Waals surface area contributed by atoms with E-state index < -0.39 is 0 Å². The van der Waals surface area contributed by atoms with Gasteiger partial charge in [0.05, 0.1) is 6.54 Å². The lowest BCUT2D eigenvalue weighted by Crippen LogP contribution is -2.37. The summed E-state index contributed by atoms with van der Waals surface area (Å²) in [5.41, 5.74) is 0. The van der Waals surface area contributed by atoms with Crippen LogP contribution in [0.5, 0.6) is 0 Å². The highest BCUT2D eigenvalue weighted by Gasteiger charge is 2.20. The van der Waals surface area contributed by atoms with Gasteiger partial charge in [-0.1, -0.05) is 6.07 Å². The van der Waals surface area contributed by atoms with Gasteiger partial charge in [0, 0.05) is 18.5 Å². The molecule has 102 valence electrons. The second-order valence-corrected chi connectivity index (χ2v) is 5.75. The van der Waals surface area contributed by atoms with Gasteiger partial charge in [0.15, 0.2) is 0 Å². The Bertz CT molecular complexity index is 352. The van der Waals surface area contributed by atoms with E-state index in [1.807, 2.05) is 11.9 Å². The summed E-state index contributed by atoms with van der Waals surface area (Å²) < 4.78 is 0. The molecule has 1 N–H and O–H groups in total. The Hall–Kier alpha value is -0.580. The molecule has 0 bridgehead atoms. The normalized spacial score (nSPS) is 14.1. The fourth-order valence-electron chi connectivity index (χ4n) is 1.70. The van der Waals surface area contributed by atoms with Crippen LogP contribution >= 0.6 is 23.7 Å². The van der Waals surface area contributed by atoms with Gasteiger partial charge in [-0.05, 0) is 43.2 Å². The Morgan fingerprint density at radius 3 is 2.94 bits per heavy atom. The Morgan fingerprint density at radius 1 is 1.56 bits per heavy atom. The molecule has 1 fully saturated rings. The lowest BCUT2D eigenvalue weighted by atomic mass is 10.3. The zero-order valence-corrected chi connectivity index (χ0v) is 12.4. The van der Waals surface area contributed by atoms with Gasteiger partial charge in [-0.3, -0.25) is 4.79 Å². The third kappa shape index (κ3) is 5.38. The maximum atomic E-state index is 11.8. The number of nitrogens with zero attached hydrogens (tertiary/aromatic N) is 1. The van der Waals surface area contributed by atoms with E-state index in [4.69, 9.17) is 0 Å². The van der Waals surface area contributed by atoms with Crippen molar-refractivity contribution in [2.75, 3.05) is 26.7 Å². The SMILES string of the molecule is CN(CCc1cccs1)C(=O)CNCC1CC1.Cl. The number of hydrogen-bond donors (Lipinski definition) is 1. The van der Waals surface area contributed by atoms with E-state index in [2.05, 4.69) is 22.8 Å². The number of carbonyl (C=O) groups is 1. The zero-order chi connectivity index (χ0) is 12.1. The van der Waals surface area contributed by atoms with Gasteiger partial charge in [0.2, 0.25) is 5.91 Å². The van der Waals surface area contributed by atoms with Gasteiger partial charge in [0.25, 0.3) is 0 Å². The molecule has 5 heteroatoms. The van der Waals surface area contributed by atoms with Crippen molar-refractivity contribution in [2.24, 2.45) is 5.92 Å². The Labute approximate surface area is 119 Å². The summed E-state index contributed by atoms with van der Waals surface area (Å²) in [7, 11) is 1.88. The summed E-state index contributed by atoms with van der Waals surface area (Å²) in [5, 5.41) is 5.31. The van der Waals surface area contributed by atoms with Crippen molar-refractivity contribution in [1.29, 1.82) is 0 Å². The fraction of sp³-hybridized carbons (Fsp3) is 0.615. The van der Waals surface area contributed by atoms with Crippen molar-refractivity contribution in [3.8, 4) is 0 Å². The third-order valence-corrected chi connectivity index (χ3v) is 4.04. The van der Waals surface area contributed by atoms with Crippen molar-refractivity contribution in [3.05, 3.63) is 22.4 Å². The molecule has 0 aliphatic heterocycles. The van der Waals surface area contributed by atoms with E-state index in [1.165, 1.54) is 17.7 Å². The standard InChI is InChI=1S/C13H20N2OS.ClH/c1-15(7-6-12-3-2-8-17-12)13(16)10-14-9-11-4-5-11;/h2-3,8,11,14H,4-7,9-10H2,1H3;1H. The number of amides is 1. The molecule has 1 aliphatic carbocycles. The number of thiophene rings is 1. The molecule has 0 radical (unpaired) electrons. The quantitative estimate of drug-likeness (QED) is 0.834. The maximum absolute atomic E-state index is 11.8. The zero-order valence-electron chi connectivity index (χ0n) is 10.7. The van der Waals surface area contributed by atoms with Crippen molar-refractivity contribution >= 4 is 29.7 Å². The smallest absolute Gasteiger partial charge is 0.236 e. The van der Waals surface area contributed by atoms with Gasteiger partial charge < -0.3 is 10.2 Å². The highest BCUT2D eigenvalue weighted by molar-refractivity contribution is 7.09. The topological polar surface area (TPSA) is 32.3 Å². The second kappa shape index (κ2) is 7.77. The first-order valence-electron chi connectivity index (χ1n) is 6.23. The molecule has 0 saturated heterocycles. The first-order valence-corrected chi connectivity index (χ1v) is 7.10. The summed E-state index contributed by atoms with van der Waals surface area (Å²) in [6, 6.07) is 4.17. The van der Waals surface area contributed by atoms with Crippen molar-refractivity contribution in [3.63, 3.8) is 0 Å². The van der Waals surface area contributed by atoms with Gasteiger partial charge >= 0.3 is 0 Å². The molecule has 1 aromatic rings. The average Bonchev–Trinajstić information content (AvgIpc) is 3.00. The van der Waals surface area contributed by atoms with Crippen molar-refractivity contribution in [1.82, 2.24) is 10.2 Å². The molecule has 1 amide bonds. The van der Waals surface area contributed by atoms with E-state index in [1.54, 1.807) is 11.3 Å². The van der Waals surface area contributed by atoms with Crippen LogP contribution in [-0.4, -0.2) is 37.5 Å². The Morgan fingerprint density at radius 2 is 2.33 bits per heavy atom. The molecule has 0 spiro atoms. The van der Waals surface area contributed by atoms with E-state index in [0.717, 1.165) is 25.4 Å². The molecule has 1 aromatic heterocycles. The molecule has 2 rings (SSSR count). The van der Waals surface area contributed by atoms with Gasteiger partial charge in [-0.15, -0.1) is 23.7 Å². The highest BCUT2D eigenvalue weighted by atomic mass is 35.5. The van der Waals surface area contributed by atoms with Crippen LogP contribution in [0.25, 0.3) is 0 Å². The van der Waals surface area contributed by atoms with Crippen LogP contribution in [0.3, 0.4) is 0 Å². The molecule has 3 nitrogen and oxygen atoms in total. The van der Waals surface area contributed by atoms with Gasteiger partial charge in [-0.25, -0.2) is 0 Å². The van der Waals surface area contributed by atoms with Crippen LogP contribution in [0, 0.1) is 5.92 Å². The predicted molar refractivity (Wildman–Crippen MR) is 78.5 cm³/mol. The molecule has 18 heavy (non-hydrogen) atoms. The van der Waals surface area contributed by atoms with E-state index in [-0.39, 0.29) is 18.3 Å². The molecule has 0 aromatic carbocycles. The fourth-order valence-corrected chi connectivity index (χ4v) is 2.40. The van der Waals surface area contributed by atoms with E-state index >= 15 is 0 Å². The van der Waals surface area contributed by atoms with Crippen molar-refractivity contribution < 1.29 is 4.79 Å². The third-order valence-electron chi connectivity index (χ3n) is 3.11. The van der Waals surface area contributed by atoms with Crippen LogP contribution < -0.4 is 5.32 Å². The largest absolute Gasteiger partial charge is 0.344 e. The summed E-state index contributed by atoms with van der Waals surface area (Å²) in [6.45, 7) is 2.30. The predicted octanol–water partition coefficient (Wildman–Crippen LogP) is 2.17. The molecule has 1 saturated carbocycles. The number of nitrogens with one attached hydrogen (secondary N) is 1. The van der Waals surface area contributed by atoms with Crippen LogP contribution in [0.4, 0.5) is 0 Å². The van der Waals surface area contributed by atoms with Crippen LogP contribution in [0.15, 0.2) is 17.5 Å². The van der Waals surface area contributed by atoms with Crippen LogP contribution in [-0.2, 0) is 11.2 Å². The minimum atomic E-state index is 0. The lowest BCUT2D eigenvalue weighted by molar-refractivity contribution is -0.128. The minimum absolute atomic E-state index is 0. The molecule has 1 aliphatic rings. The van der Waals surface area contributed by atoms with Crippen LogP contribution in [0.1, 0.15) is 17.7 Å². The minimum Gasteiger partial charge on any atom is -0.344 e. The molecular weight excluding hydrogens is 268 g/mol. The Kier molecular flexibility index (Phi) is 6.68. The number of halogens is 1. The first kappa shape index (κ1) is 15.5. The van der Waals surface area contributed by atoms with Gasteiger partial charge in [-0.2, -0.15) is 0 Å². The highest BCUT2D eigenvalue weighted by Crippen LogP contribution is 2.27. The Balaban J connectivity index is 0.00000162. The summed E-state index contributed by atoms with van der Waals surface area (Å²) >= 11 is 1.75. The average molecular weight is 289 g/mol. The maximum Gasteiger partial charge on any atom is 0.236 e. The summed E-state index contributed by atoms with van der Waals surface area (Å²) in [6.07, 6.45) is 3.62. The van der Waals surface area contributed by atoms with Gasteiger partial charge in [0.1, 0.15) is 0 Å². The van der Waals surface area contributed by atoms with Crippen molar-refractivity contribution in [2.45, 2.75) is 19.3 Å². The number of likely N-dealkylation sites (N-methyl/N-ethyl adjacent to an activating group) is 1. The van der Waals surface area contributed by atoms with E-state index in [0.29, 0.717) is 6.54 Å². The van der Waals surface area contributed by atoms with Crippen LogP contribution in [0.2, 0.25) is 0 Å². The molecule has 0 atom stereocenters. The molecular formula is C13H21ClN2OS. The number of carbonyl (C=O) groups excluding carboxylic acids is 1. The second-order valence-electron chi connectivity index (χ2n) is 4.72. The summed E-state index contributed by atoms with van der Waals surface area (Å²) in [4.78, 5) is 14.9. The summed E-state index contributed by atoms with van der Waals surface area (Å²) in [5.74, 6) is 1.03. The monoisotopic (exact) mass is 288 g/mol.